The number of nitriles is 1. The van der Waals surface area contributed by atoms with E-state index in [1.165, 1.54) is 12.8 Å². The molecule has 8 nitrogen and oxygen atoms in total. The van der Waals surface area contributed by atoms with Crippen LogP contribution in [0, 0.1) is 21.9 Å². The molecule has 0 saturated carbocycles. The van der Waals surface area contributed by atoms with E-state index >= 15 is 0 Å². The zero-order chi connectivity index (χ0) is 32.0. The third-order valence-corrected chi connectivity index (χ3v) is 10.0. The maximum atomic E-state index is 14.7. The monoisotopic (exact) mass is 616 g/mol. The van der Waals surface area contributed by atoms with Gasteiger partial charge in [-0.25, -0.2) is 15.0 Å². The van der Waals surface area contributed by atoms with Gasteiger partial charge in [0.2, 0.25) is 0 Å². The van der Waals surface area contributed by atoms with E-state index in [1.54, 1.807) is 12.3 Å². The lowest BCUT2D eigenvalue weighted by molar-refractivity contribution is 0.296. The molecule has 2 atom stereocenters. The maximum Gasteiger partial charge on any atom is 0.194 e. The van der Waals surface area contributed by atoms with Crippen LogP contribution in [0.2, 0.25) is 0 Å². The summed E-state index contributed by atoms with van der Waals surface area (Å²) < 4.78 is 14.7. The number of aliphatic imine (C=N–C) groups is 1. The Morgan fingerprint density at radius 2 is 2.05 bits per heavy atom. The largest absolute Gasteiger partial charge is 0.398 e. The Hall–Kier alpha value is -3.68. The molecule has 0 radical (unpaired) electrons. The number of allylic oxidation sites excluding steroid dienone is 3. The first kappa shape index (κ1) is 33.2. The number of aromatic nitrogens is 2. The number of thiophene rings is 1. The van der Waals surface area contributed by atoms with Crippen LogP contribution in [0.15, 0.2) is 40.2 Å². The molecule has 1 saturated heterocycles. The van der Waals surface area contributed by atoms with Crippen LogP contribution in [0.3, 0.4) is 0 Å². The molecule has 2 aromatic heterocycles. The van der Waals surface area contributed by atoms with E-state index in [-0.39, 0.29) is 22.9 Å². The summed E-state index contributed by atoms with van der Waals surface area (Å²) in [4.78, 5) is 17.9. The van der Waals surface area contributed by atoms with Gasteiger partial charge in [-0.05, 0) is 95.5 Å². The van der Waals surface area contributed by atoms with Gasteiger partial charge >= 0.3 is 0 Å². The molecule has 44 heavy (non-hydrogen) atoms. The van der Waals surface area contributed by atoms with Crippen LogP contribution in [0.25, 0.3) is 0 Å². The van der Waals surface area contributed by atoms with Gasteiger partial charge in [-0.1, -0.05) is 32.4 Å². The van der Waals surface area contributed by atoms with Crippen molar-refractivity contribution in [2.24, 2.45) is 16.5 Å². The SMILES string of the molecule is C=C(N)/C(N)=C/C=Nc1nc(C(=N)/C(CCC)=C(\C)C2CCCc3sc(F)c(C#N)c32)nc(CCC2CCCN2C)c1CC. The molecule has 1 aliphatic heterocycles. The normalized spacial score (nSPS) is 19.6. The minimum absolute atomic E-state index is 0.113. The summed E-state index contributed by atoms with van der Waals surface area (Å²) in [7, 11) is 2.18. The smallest absolute Gasteiger partial charge is 0.194 e. The van der Waals surface area contributed by atoms with Crippen molar-refractivity contribution in [2.45, 2.75) is 96.9 Å². The number of nitrogens with two attached hydrogens (primary N) is 2. The second-order valence-electron chi connectivity index (χ2n) is 11.8. The lowest BCUT2D eigenvalue weighted by atomic mass is 9.78. The summed E-state index contributed by atoms with van der Waals surface area (Å²) in [6.07, 6.45) is 12.0. The van der Waals surface area contributed by atoms with Crippen LogP contribution in [0.4, 0.5) is 10.2 Å². The second-order valence-corrected chi connectivity index (χ2v) is 12.9. The van der Waals surface area contributed by atoms with Gasteiger partial charge in [0, 0.05) is 40.0 Å². The van der Waals surface area contributed by atoms with Crippen molar-refractivity contribution in [1.29, 1.82) is 10.7 Å². The first-order valence-corrected chi connectivity index (χ1v) is 16.5. The van der Waals surface area contributed by atoms with Crippen LogP contribution in [0.5, 0.6) is 0 Å². The number of hydrogen-bond acceptors (Lipinski definition) is 9. The van der Waals surface area contributed by atoms with Crippen LogP contribution in [-0.2, 0) is 19.3 Å². The second kappa shape index (κ2) is 14.9. The zero-order valence-corrected chi connectivity index (χ0v) is 27.3. The van der Waals surface area contributed by atoms with E-state index in [0.717, 1.165) is 89.3 Å². The predicted octanol–water partition coefficient (Wildman–Crippen LogP) is 6.76. The molecule has 1 fully saturated rings. The predicted molar refractivity (Wildman–Crippen MR) is 178 cm³/mol. The molecule has 234 valence electrons. The summed E-state index contributed by atoms with van der Waals surface area (Å²) >= 11 is 1.09. The average Bonchev–Trinajstić information content (AvgIpc) is 3.58. The van der Waals surface area contributed by atoms with Crippen molar-refractivity contribution in [3.05, 3.63) is 73.4 Å². The van der Waals surface area contributed by atoms with E-state index in [1.807, 2.05) is 6.92 Å². The van der Waals surface area contributed by atoms with Crippen molar-refractivity contribution in [3.63, 3.8) is 0 Å². The maximum absolute atomic E-state index is 14.7. The fourth-order valence-corrected chi connectivity index (χ4v) is 7.60. The van der Waals surface area contributed by atoms with Crippen molar-refractivity contribution in [2.75, 3.05) is 13.6 Å². The zero-order valence-electron chi connectivity index (χ0n) is 26.5. The van der Waals surface area contributed by atoms with Crippen LogP contribution < -0.4 is 11.5 Å². The number of fused-ring (bicyclic) bond motifs is 1. The molecule has 0 aromatic carbocycles. The van der Waals surface area contributed by atoms with E-state index in [9.17, 15) is 15.1 Å². The molecular formula is C34H45FN8S. The Kier molecular flexibility index (Phi) is 11.2. The highest BCUT2D eigenvalue weighted by Crippen LogP contribution is 2.44. The molecule has 0 amide bonds. The van der Waals surface area contributed by atoms with E-state index in [4.69, 9.17) is 21.4 Å². The minimum Gasteiger partial charge on any atom is -0.398 e. The topological polar surface area (TPSA) is 141 Å². The molecule has 1 aliphatic carbocycles. The average molecular weight is 617 g/mol. The molecule has 0 spiro atoms. The third-order valence-electron chi connectivity index (χ3n) is 8.99. The number of nitrogens with zero attached hydrogens (tertiary/aromatic N) is 5. The summed E-state index contributed by atoms with van der Waals surface area (Å²) in [5, 5.41) is 18.8. The number of halogens is 1. The number of hydrogen-bond donors (Lipinski definition) is 3. The highest BCUT2D eigenvalue weighted by Gasteiger charge is 2.32. The van der Waals surface area contributed by atoms with Gasteiger partial charge < -0.3 is 16.4 Å². The molecule has 2 aromatic rings. The van der Waals surface area contributed by atoms with Gasteiger partial charge in [0.15, 0.2) is 16.8 Å². The van der Waals surface area contributed by atoms with E-state index in [2.05, 4.69) is 43.4 Å². The lowest BCUT2D eigenvalue weighted by Gasteiger charge is -2.26. The molecular weight excluding hydrogens is 571 g/mol. The summed E-state index contributed by atoms with van der Waals surface area (Å²) in [6, 6.07) is 2.61. The van der Waals surface area contributed by atoms with Gasteiger partial charge in [0.25, 0.3) is 0 Å². The van der Waals surface area contributed by atoms with Gasteiger partial charge in [0.1, 0.15) is 17.3 Å². The Balaban J connectivity index is 1.80. The Morgan fingerprint density at radius 1 is 1.27 bits per heavy atom. The first-order chi connectivity index (χ1) is 21.1. The highest BCUT2D eigenvalue weighted by atomic mass is 32.1. The molecule has 5 N–H and O–H groups in total. The van der Waals surface area contributed by atoms with Gasteiger partial charge in [-0.15, -0.1) is 11.3 Å². The fourth-order valence-electron chi connectivity index (χ4n) is 6.52. The molecule has 2 aliphatic rings. The van der Waals surface area contributed by atoms with E-state index < -0.39 is 5.13 Å². The van der Waals surface area contributed by atoms with Gasteiger partial charge in [-0.3, -0.25) is 5.41 Å². The summed E-state index contributed by atoms with van der Waals surface area (Å²) in [5.74, 6) is 0.738. The Labute approximate surface area is 265 Å². The third kappa shape index (κ3) is 7.16. The Bertz CT molecular complexity index is 1540. The first-order valence-electron chi connectivity index (χ1n) is 15.7. The van der Waals surface area contributed by atoms with Crippen LogP contribution >= 0.6 is 11.3 Å². The minimum atomic E-state index is -0.407. The fraction of sp³-hybridized carbons (Fsp3) is 0.500. The molecule has 4 rings (SSSR count). The van der Waals surface area contributed by atoms with Crippen molar-refractivity contribution in [3.8, 4) is 6.07 Å². The number of aryl methyl sites for hydroxylation is 2. The lowest BCUT2D eigenvalue weighted by Crippen LogP contribution is -2.25. The van der Waals surface area contributed by atoms with Crippen molar-refractivity contribution >= 4 is 29.1 Å². The molecule has 0 bridgehead atoms. The highest BCUT2D eigenvalue weighted by molar-refractivity contribution is 7.10. The number of nitrogens with one attached hydrogen (secondary N) is 1. The molecule has 3 heterocycles. The summed E-state index contributed by atoms with van der Waals surface area (Å²) in [5.41, 5.74) is 17.2. The van der Waals surface area contributed by atoms with Crippen molar-refractivity contribution in [1.82, 2.24) is 14.9 Å². The van der Waals surface area contributed by atoms with Crippen molar-refractivity contribution < 1.29 is 4.39 Å². The van der Waals surface area contributed by atoms with Gasteiger partial charge in [0.05, 0.1) is 5.70 Å². The standard InChI is InChI=1S/C34H45FN8S/c1-6-10-25(20(3)24-12-8-13-29-30(24)26(19-36)32(35)44-29)31(39)34-41-28(15-14-22-11-9-18-43(22)5)23(7-2)33(42-34)40-17-16-27(38)21(4)37/h16-17,22,24,39H,4,6-15,18,37-38H2,1-3,5H3/b25-20+,27-16-,39-31?,40-17?. The quantitative estimate of drug-likeness (QED) is 0.178. The molecule has 2 unspecified atom stereocenters. The molecule has 10 heteroatoms. The van der Waals surface area contributed by atoms with E-state index in [0.29, 0.717) is 36.2 Å². The number of rotatable bonds is 12. The number of likely N-dealkylation sites (tertiary alicyclic amines) is 1. The Morgan fingerprint density at radius 3 is 2.68 bits per heavy atom. The van der Waals surface area contributed by atoms with Crippen LogP contribution in [0.1, 0.15) is 105 Å². The van der Waals surface area contributed by atoms with Crippen LogP contribution in [-0.4, -0.2) is 46.4 Å². The summed E-state index contributed by atoms with van der Waals surface area (Å²) in [6.45, 7) is 11.0. The van der Waals surface area contributed by atoms with Gasteiger partial charge in [-0.2, -0.15) is 9.65 Å².